The van der Waals surface area contributed by atoms with Crippen LogP contribution in [0.25, 0.3) is 15.8 Å². The highest BCUT2D eigenvalue weighted by atomic mass is 32.1. The van der Waals surface area contributed by atoms with Crippen molar-refractivity contribution in [2.24, 2.45) is 0 Å². The van der Waals surface area contributed by atoms with E-state index in [1.165, 1.54) is 15.8 Å². The van der Waals surface area contributed by atoms with Crippen LogP contribution in [0.1, 0.15) is 0 Å². The predicted molar refractivity (Wildman–Crippen MR) is 63.4 cm³/mol. The third kappa shape index (κ3) is 1.53. The van der Waals surface area contributed by atoms with E-state index in [0.29, 0.717) is 0 Å². The molecule has 0 bridgehead atoms. The standard InChI is InChI=1S/C13H10NS/c1-2-7-12(8-3-1)14-10-11-6-4-5-9-13(11)15-14/h1-10H/q+1. The molecule has 0 fully saturated rings. The summed E-state index contributed by atoms with van der Waals surface area (Å²) in [6.45, 7) is 0. The van der Waals surface area contributed by atoms with Gasteiger partial charge in [-0.25, -0.2) is 0 Å². The van der Waals surface area contributed by atoms with Crippen LogP contribution < -0.4 is 3.96 Å². The second-order valence-electron chi connectivity index (χ2n) is 3.42. The quantitative estimate of drug-likeness (QED) is 0.545. The fourth-order valence-electron chi connectivity index (χ4n) is 1.63. The van der Waals surface area contributed by atoms with Gasteiger partial charge in [0.2, 0.25) is 5.69 Å². The Morgan fingerprint density at radius 1 is 0.800 bits per heavy atom. The van der Waals surface area contributed by atoms with Gasteiger partial charge in [0.25, 0.3) is 0 Å². The van der Waals surface area contributed by atoms with Crippen molar-refractivity contribution in [1.29, 1.82) is 0 Å². The van der Waals surface area contributed by atoms with Crippen molar-refractivity contribution >= 4 is 21.6 Å². The first-order chi connectivity index (χ1) is 7.43. The van der Waals surface area contributed by atoms with E-state index in [4.69, 9.17) is 0 Å². The van der Waals surface area contributed by atoms with Gasteiger partial charge in [-0.3, -0.25) is 0 Å². The van der Waals surface area contributed by atoms with Crippen LogP contribution in [-0.2, 0) is 0 Å². The first kappa shape index (κ1) is 8.62. The van der Waals surface area contributed by atoms with Gasteiger partial charge in [-0.15, -0.1) is 3.96 Å². The lowest BCUT2D eigenvalue weighted by atomic mass is 10.3. The van der Waals surface area contributed by atoms with Crippen LogP contribution in [0.2, 0.25) is 0 Å². The minimum Gasteiger partial charge on any atom is -0.101 e. The molecule has 0 radical (unpaired) electrons. The Morgan fingerprint density at radius 2 is 1.53 bits per heavy atom. The molecule has 0 unspecified atom stereocenters. The highest BCUT2D eigenvalue weighted by molar-refractivity contribution is 7.09. The number of para-hydroxylation sites is 1. The van der Waals surface area contributed by atoms with Gasteiger partial charge in [-0.2, -0.15) is 0 Å². The van der Waals surface area contributed by atoms with E-state index >= 15 is 0 Å². The van der Waals surface area contributed by atoms with E-state index in [2.05, 4.69) is 58.7 Å². The number of fused-ring (bicyclic) bond motifs is 1. The van der Waals surface area contributed by atoms with Crippen molar-refractivity contribution in [2.45, 2.75) is 0 Å². The van der Waals surface area contributed by atoms with Crippen molar-refractivity contribution in [2.75, 3.05) is 0 Å². The molecule has 2 aromatic carbocycles. The molecule has 2 heteroatoms. The summed E-state index contributed by atoms with van der Waals surface area (Å²) in [6, 6.07) is 18.9. The van der Waals surface area contributed by atoms with E-state index < -0.39 is 0 Å². The molecule has 1 nitrogen and oxygen atoms in total. The van der Waals surface area contributed by atoms with Crippen LogP contribution in [0, 0.1) is 0 Å². The third-order valence-corrected chi connectivity index (χ3v) is 3.46. The molecule has 3 rings (SSSR count). The summed E-state index contributed by atoms with van der Waals surface area (Å²) in [7, 11) is 0. The number of hydrogen-bond acceptors (Lipinski definition) is 1. The van der Waals surface area contributed by atoms with Crippen LogP contribution in [0.15, 0.2) is 60.8 Å². The smallest absolute Gasteiger partial charge is 0.101 e. The van der Waals surface area contributed by atoms with Crippen molar-refractivity contribution in [1.82, 2.24) is 0 Å². The lowest BCUT2D eigenvalue weighted by Gasteiger charge is -1.86. The van der Waals surface area contributed by atoms with Crippen LogP contribution in [-0.4, -0.2) is 0 Å². The average molecular weight is 212 g/mol. The minimum atomic E-state index is 1.22. The minimum absolute atomic E-state index is 1.22. The van der Waals surface area contributed by atoms with Gasteiger partial charge in [-0.1, -0.05) is 30.3 Å². The molecule has 0 spiro atoms. The van der Waals surface area contributed by atoms with Gasteiger partial charge < -0.3 is 0 Å². The van der Waals surface area contributed by atoms with Gasteiger partial charge in [0.05, 0.1) is 5.39 Å². The summed E-state index contributed by atoms with van der Waals surface area (Å²) in [6.07, 6.45) is 2.18. The lowest BCUT2D eigenvalue weighted by Crippen LogP contribution is -2.22. The summed E-state index contributed by atoms with van der Waals surface area (Å²) in [5.74, 6) is 0. The molecule has 0 saturated carbocycles. The zero-order valence-electron chi connectivity index (χ0n) is 8.13. The Morgan fingerprint density at radius 3 is 2.33 bits per heavy atom. The SMILES string of the molecule is c1ccc(-[n+]2cc3ccccc3s2)cc1. The molecule has 0 N–H and O–H groups in total. The van der Waals surface area contributed by atoms with Gasteiger partial charge in [0.1, 0.15) is 16.2 Å². The second-order valence-corrected chi connectivity index (χ2v) is 4.44. The molecule has 0 amide bonds. The first-order valence-corrected chi connectivity index (χ1v) is 5.67. The monoisotopic (exact) mass is 212 g/mol. The van der Waals surface area contributed by atoms with Crippen molar-refractivity contribution in [3.05, 3.63) is 60.8 Å². The normalized spacial score (nSPS) is 10.7. The number of aromatic nitrogens is 1. The molecule has 72 valence electrons. The van der Waals surface area contributed by atoms with Gasteiger partial charge in [0.15, 0.2) is 6.20 Å². The van der Waals surface area contributed by atoms with E-state index in [0.717, 1.165) is 0 Å². The van der Waals surface area contributed by atoms with Crippen molar-refractivity contribution in [3.63, 3.8) is 0 Å². The molecule has 0 atom stereocenters. The maximum Gasteiger partial charge on any atom is 0.224 e. The molecule has 0 aliphatic carbocycles. The fraction of sp³-hybridized carbons (Fsp3) is 0. The van der Waals surface area contributed by atoms with E-state index in [1.54, 1.807) is 11.5 Å². The maximum atomic E-state index is 2.20. The van der Waals surface area contributed by atoms with E-state index in [9.17, 15) is 0 Å². The topological polar surface area (TPSA) is 3.88 Å². The van der Waals surface area contributed by atoms with E-state index in [1.807, 2.05) is 6.07 Å². The molecule has 15 heavy (non-hydrogen) atoms. The zero-order chi connectivity index (χ0) is 10.1. The van der Waals surface area contributed by atoms with Crippen LogP contribution in [0.3, 0.4) is 0 Å². The Labute approximate surface area is 92.4 Å². The van der Waals surface area contributed by atoms with Crippen LogP contribution >= 0.6 is 11.5 Å². The lowest BCUT2D eigenvalue weighted by molar-refractivity contribution is -0.518. The molecule has 1 aromatic heterocycles. The van der Waals surface area contributed by atoms with Gasteiger partial charge in [0, 0.05) is 12.1 Å². The highest BCUT2D eigenvalue weighted by Gasteiger charge is 2.10. The summed E-state index contributed by atoms with van der Waals surface area (Å²) < 4.78 is 3.52. The molecule has 0 aliphatic rings. The number of nitrogens with zero attached hydrogens (tertiary/aromatic N) is 1. The number of hydrogen-bond donors (Lipinski definition) is 0. The molecular formula is C13H10NS+. The van der Waals surface area contributed by atoms with Gasteiger partial charge >= 0.3 is 0 Å². The molecule has 0 saturated heterocycles. The number of benzene rings is 2. The first-order valence-electron chi connectivity index (χ1n) is 4.90. The summed E-state index contributed by atoms with van der Waals surface area (Å²) in [5, 5.41) is 1.30. The molecule has 0 aliphatic heterocycles. The largest absolute Gasteiger partial charge is 0.224 e. The Bertz CT molecular complexity index is 551. The summed E-state index contributed by atoms with van der Waals surface area (Å²) in [5.41, 5.74) is 1.22. The Balaban J connectivity index is 2.21. The average Bonchev–Trinajstić information content (AvgIpc) is 2.74. The zero-order valence-corrected chi connectivity index (χ0v) is 8.95. The van der Waals surface area contributed by atoms with Crippen molar-refractivity contribution in [3.8, 4) is 5.69 Å². The Kier molecular flexibility index (Phi) is 2.00. The summed E-state index contributed by atoms with van der Waals surface area (Å²) >= 11 is 1.77. The molecular weight excluding hydrogens is 202 g/mol. The van der Waals surface area contributed by atoms with Crippen LogP contribution in [0.4, 0.5) is 0 Å². The molecule has 1 heterocycles. The molecule has 3 aromatic rings. The third-order valence-electron chi connectivity index (χ3n) is 2.38. The predicted octanol–water partition coefficient (Wildman–Crippen LogP) is 3.18. The maximum absolute atomic E-state index is 2.20. The van der Waals surface area contributed by atoms with E-state index in [-0.39, 0.29) is 0 Å². The fourth-order valence-corrected chi connectivity index (χ4v) is 2.60. The Hall–Kier alpha value is -1.67. The van der Waals surface area contributed by atoms with Crippen molar-refractivity contribution < 1.29 is 3.96 Å². The summed E-state index contributed by atoms with van der Waals surface area (Å²) in [4.78, 5) is 0. The highest BCUT2D eigenvalue weighted by Crippen LogP contribution is 2.17. The van der Waals surface area contributed by atoms with Crippen LogP contribution in [0.5, 0.6) is 0 Å². The van der Waals surface area contributed by atoms with Gasteiger partial charge in [-0.05, 0) is 12.1 Å². The second kappa shape index (κ2) is 3.48. The number of rotatable bonds is 1.